The maximum atomic E-state index is 11.3. The average Bonchev–Trinajstić information content (AvgIpc) is 2.24. The first-order valence-electron chi connectivity index (χ1n) is 4.79. The number of aryl methyl sites for hydroxylation is 1. The van der Waals surface area contributed by atoms with Crippen molar-refractivity contribution in [2.45, 2.75) is 17.7 Å². The van der Waals surface area contributed by atoms with Crippen LogP contribution in [-0.2, 0) is 21.1 Å². The minimum Gasteiger partial charge on any atom is -0.496 e. The van der Waals surface area contributed by atoms with Gasteiger partial charge in [0.1, 0.15) is 12.0 Å². The Morgan fingerprint density at radius 2 is 2.06 bits per heavy atom. The van der Waals surface area contributed by atoms with Crippen molar-refractivity contribution in [2.24, 2.45) is 0 Å². The van der Waals surface area contributed by atoms with Gasteiger partial charge in [0.05, 0.1) is 12.0 Å². The fourth-order valence-electron chi connectivity index (χ4n) is 1.40. The normalized spacial score (nSPS) is 11.1. The van der Waals surface area contributed by atoms with Gasteiger partial charge in [-0.2, -0.15) is 0 Å². The van der Waals surface area contributed by atoms with E-state index in [2.05, 4.69) is 0 Å². The minimum absolute atomic E-state index is 0.245. The predicted octanol–water partition coefficient (Wildman–Crippen LogP) is 1.23. The fourth-order valence-corrected chi connectivity index (χ4v) is 2.07. The Morgan fingerprint density at radius 1 is 1.38 bits per heavy atom. The van der Waals surface area contributed by atoms with Crippen molar-refractivity contribution >= 4 is 16.1 Å². The summed E-state index contributed by atoms with van der Waals surface area (Å²) in [4.78, 5) is 10.5. The third kappa shape index (κ3) is 3.06. The van der Waals surface area contributed by atoms with Gasteiger partial charge < -0.3 is 9.53 Å². The Morgan fingerprint density at radius 3 is 2.56 bits per heavy atom. The molecule has 0 amide bonds. The molecule has 0 atom stereocenters. The van der Waals surface area contributed by atoms with Gasteiger partial charge in [-0.25, -0.2) is 8.42 Å². The third-order valence-electron chi connectivity index (χ3n) is 2.21. The molecule has 88 valence electrons. The summed E-state index contributed by atoms with van der Waals surface area (Å²) < 4.78 is 27.8. The second kappa shape index (κ2) is 5.12. The zero-order valence-electron chi connectivity index (χ0n) is 9.26. The van der Waals surface area contributed by atoms with Crippen LogP contribution in [0.15, 0.2) is 23.1 Å². The molecule has 4 nitrogen and oxygen atoms in total. The van der Waals surface area contributed by atoms with Crippen LogP contribution in [0.4, 0.5) is 0 Å². The molecule has 0 aliphatic rings. The van der Waals surface area contributed by atoms with Crippen molar-refractivity contribution in [3.8, 4) is 5.75 Å². The molecule has 0 spiro atoms. The highest BCUT2D eigenvalue weighted by Crippen LogP contribution is 2.23. The van der Waals surface area contributed by atoms with E-state index in [1.165, 1.54) is 13.2 Å². The summed E-state index contributed by atoms with van der Waals surface area (Å²) in [6, 6.07) is 4.66. The fraction of sp³-hybridized carbons (Fsp3) is 0.364. The lowest BCUT2D eigenvalue weighted by molar-refractivity contribution is -0.107. The zero-order chi connectivity index (χ0) is 12.2. The molecular formula is C11H14O4S. The molecule has 0 unspecified atom stereocenters. The Labute approximate surface area is 95.2 Å². The van der Waals surface area contributed by atoms with Crippen LogP contribution < -0.4 is 4.74 Å². The molecule has 0 saturated heterocycles. The van der Waals surface area contributed by atoms with E-state index in [-0.39, 0.29) is 4.90 Å². The Balaban J connectivity index is 3.16. The lowest BCUT2D eigenvalue weighted by Gasteiger charge is -2.08. The number of hydrogen-bond donors (Lipinski definition) is 0. The van der Waals surface area contributed by atoms with Crippen molar-refractivity contribution in [2.75, 3.05) is 13.4 Å². The summed E-state index contributed by atoms with van der Waals surface area (Å²) in [6.45, 7) is 0. The van der Waals surface area contributed by atoms with Gasteiger partial charge in [0.25, 0.3) is 0 Å². The highest BCUT2D eigenvalue weighted by atomic mass is 32.2. The molecule has 0 fully saturated rings. The molecule has 0 radical (unpaired) electrons. The molecular weight excluding hydrogens is 228 g/mol. The maximum absolute atomic E-state index is 11.3. The Kier molecular flexibility index (Phi) is 4.06. The number of hydrogen-bond acceptors (Lipinski definition) is 4. The first-order chi connectivity index (χ1) is 7.49. The van der Waals surface area contributed by atoms with Gasteiger partial charge in [-0.05, 0) is 30.2 Å². The van der Waals surface area contributed by atoms with Gasteiger partial charge in [-0.1, -0.05) is 0 Å². The van der Waals surface area contributed by atoms with Crippen LogP contribution in [0.5, 0.6) is 5.75 Å². The largest absolute Gasteiger partial charge is 0.496 e. The van der Waals surface area contributed by atoms with Crippen LogP contribution in [0.3, 0.4) is 0 Å². The molecule has 0 aliphatic heterocycles. The van der Waals surface area contributed by atoms with Crippen LogP contribution in [0, 0.1) is 0 Å². The second-order valence-corrected chi connectivity index (χ2v) is 5.47. The van der Waals surface area contributed by atoms with E-state index in [4.69, 9.17) is 4.74 Å². The van der Waals surface area contributed by atoms with E-state index in [0.717, 1.165) is 18.1 Å². The van der Waals surface area contributed by atoms with E-state index in [1.807, 2.05) is 0 Å². The molecule has 0 saturated carbocycles. The van der Waals surface area contributed by atoms with Crippen molar-refractivity contribution in [3.05, 3.63) is 23.8 Å². The summed E-state index contributed by atoms with van der Waals surface area (Å²) in [6.07, 6.45) is 2.78. The molecule has 0 N–H and O–H groups in total. The van der Waals surface area contributed by atoms with Crippen LogP contribution in [-0.4, -0.2) is 28.1 Å². The van der Waals surface area contributed by atoms with E-state index in [9.17, 15) is 13.2 Å². The molecule has 5 heteroatoms. The van der Waals surface area contributed by atoms with Crippen molar-refractivity contribution in [3.63, 3.8) is 0 Å². The number of rotatable bonds is 5. The molecule has 0 aromatic heterocycles. The quantitative estimate of drug-likeness (QED) is 0.729. The lowest BCUT2D eigenvalue weighted by atomic mass is 10.1. The number of carbonyl (C=O) groups is 1. The van der Waals surface area contributed by atoms with Crippen molar-refractivity contribution in [1.82, 2.24) is 0 Å². The first-order valence-corrected chi connectivity index (χ1v) is 6.69. The Bertz CT molecular complexity index is 477. The number of carbonyl (C=O) groups excluding carboxylic acids is 1. The van der Waals surface area contributed by atoms with Crippen LogP contribution in [0.25, 0.3) is 0 Å². The molecule has 16 heavy (non-hydrogen) atoms. The smallest absolute Gasteiger partial charge is 0.175 e. The van der Waals surface area contributed by atoms with Crippen molar-refractivity contribution < 1.29 is 17.9 Å². The number of sulfone groups is 1. The van der Waals surface area contributed by atoms with Gasteiger partial charge in [-0.15, -0.1) is 0 Å². The SMILES string of the molecule is COc1ccc(S(C)(=O)=O)cc1CCC=O. The molecule has 0 heterocycles. The van der Waals surface area contributed by atoms with Crippen LogP contribution >= 0.6 is 0 Å². The van der Waals surface area contributed by atoms with Crippen molar-refractivity contribution in [1.29, 1.82) is 0 Å². The number of ether oxygens (including phenoxy) is 1. The predicted molar refractivity (Wildman–Crippen MR) is 60.5 cm³/mol. The topological polar surface area (TPSA) is 60.4 Å². The molecule has 0 bridgehead atoms. The van der Waals surface area contributed by atoms with E-state index >= 15 is 0 Å². The summed E-state index contributed by atoms with van der Waals surface area (Å²) in [5.41, 5.74) is 0.734. The van der Waals surface area contributed by atoms with E-state index in [1.54, 1.807) is 12.1 Å². The van der Waals surface area contributed by atoms with Gasteiger partial charge in [-0.3, -0.25) is 0 Å². The first kappa shape index (κ1) is 12.7. The Hall–Kier alpha value is -1.36. The van der Waals surface area contributed by atoms with E-state index < -0.39 is 9.84 Å². The molecule has 1 aromatic rings. The van der Waals surface area contributed by atoms with Gasteiger partial charge >= 0.3 is 0 Å². The number of aldehydes is 1. The maximum Gasteiger partial charge on any atom is 0.175 e. The van der Waals surface area contributed by atoms with Crippen LogP contribution in [0.1, 0.15) is 12.0 Å². The molecule has 1 rings (SSSR count). The molecule has 0 aliphatic carbocycles. The van der Waals surface area contributed by atoms with Gasteiger partial charge in [0, 0.05) is 12.7 Å². The van der Waals surface area contributed by atoms with Gasteiger partial charge in [0.2, 0.25) is 0 Å². The summed E-state index contributed by atoms with van der Waals surface area (Å²) >= 11 is 0. The standard InChI is InChI=1S/C11H14O4S/c1-15-11-6-5-10(16(2,13)14)8-9(11)4-3-7-12/h5-8H,3-4H2,1-2H3. The second-order valence-electron chi connectivity index (χ2n) is 3.45. The summed E-state index contributed by atoms with van der Waals surface area (Å²) in [7, 11) is -1.71. The zero-order valence-corrected chi connectivity index (χ0v) is 10.1. The summed E-state index contributed by atoms with van der Waals surface area (Å²) in [5.74, 6) is 0.606. The monoisotopic (exact) mass is 242 g/mol. The average molecular weight is 242 g/mol. The summed E-state index contributed by atoms with van der Waals surface area (Å²) in [5, 5.41) is 0. The van der Waals surface area contributed by atoms with Gasteiger partial charge in [0.15, 0.2) is 9.84 Å². The van der Waals surface area contributed by atoms with E-state index in [0.29, 0.717) is 18.6 Å². The number of benzene rings is 1. The highest BCUT2D eigenvalue weighted by molar-refractivity contribution is 7.90. The van der Waals surface area contributed by atoms with Crippen LogP contribution in [0.2, 0.25) is 0 Å². The molecule has 1 aromatic carbocycles. The lowest BCUT2D eigenvalue weighted by Crippen LogP contribution is -2.00. The highest BCUT2D eigenvalue weighted by Gasteiger charge is 2.11. The minimum atomic E-state index is -3.22. The third-order valence-corrected chi connectivity index (χ3v) is 3.32. The number of methoxy groups -OCH3 is 1.